The Hall–Kier alpha value is -1.13. The molecule has 0 radical (unpaired) electrons. The first kappa shape index (κ1) is 15.3. The largest absolute Gasteiger partial charge is 0.477 e. The van der Waals surface area contributed by atoms with Crippen LogP contribution in [0.1, 0.15) is 22.5 Å². The Morgan fingerprint density at radius 1 is 1.35 bits per heavy atom. The standard InChI is InChI=1S/C10H13NO6S3/c12-10(13)9-8(1-4-18-9)11-20(16,17)7-2-5-19(14,15)6-3-7/h1,4,7,11H,2-3,5-6H2,(H,12,13). The normalized spacial score (nSPS) is 19.6. The van der Waals surface area contributed by atoms with E-state index in [9.17, 15) is 21.6 Å². The highest BCUT2D eigenvalue weighted by Gasteiger charge is 2.33. The van der Waals surface area contributed by atoms with Crippen LogP contribution >= 0.6 is 11.3 Å². The molecule has 1 aliphatic heterocycles. The number of rotatable bonds is 4. The third-order valence-electron chi connectivity index (χ3n) is 3.05. The van der Waals surface area contributed by atoms with E-state index < -0.39 is 31.1 Å². The summed E-state index contributed by atoms with van der Waals surface area (Å²) in [4.78, 5) is 10.8. The fourth-order valence-electron chi connectivity index (χ4n) is 1.97. The van der Waals surface area contributed by atoms with Crippen LogP contribution < -0.4 is 4.72 Å². The molecule has 1 fully saturated rings. The molecule has 2 rings (SSSR count). The van der Waals surface area contributed by atoms with Crippen LogP contribution in [-0.4, -0.2) is 44.7 Å². The van der Waals surface area contributed by atoms with Crippen molar-refractivity contribution in [3.63, 3.8) is 0 Å². The lowest BCUT2D eigenvalue weighted by Gasteiger charge is -2.22. The average molecular weight is 339 g/mol. The molecule has 1 aliphatic rings. The van der Waals surface area contributed by atoms with Crippen molar-refractivity contribution in [3.8, 4) is 0 Å². The van der Waals surface area contributed by atoms with Crippen LogP contribution in [0.5, 0.6) is 0 Å². The molecule has 0 unspecified atom stereocenters. The van der Waals surface area contributed by atoms with Gasteiger partial charge in [-0.3, -0.25) is 4.72 Å². The first-order valence-corrected chi connectivity index (χ1v) is 9.99. The molecule has 0 amide bonds. The third kappa shape index (κ3) is 3.30. The first-order valence-electron chi connectivity index (χ1n) is 5.74. The fraction of sp³-hybridized carbons (Fsp3) is 0.500. The van der Waals surface area contributed by atoms with Gasteiger partial charge in [0.1, 0.15) is 14.7 Å². The number of aromatic carboxylic acids is 1. The van der Waals surface area contributed by atoms with Gasteiger partial charge in [0.25, 0.3) is 0 Å². The fourth-order valence-corrected chi connectivity index (χ4v) is 6.01. The van der Waals surface area contributed by atoms with E-state index in [0.29, 0.717) is 0 Å². The molecule has 0 aromatic carbocycles. The average Bonchev–Trinajstić information content (AvgIpc) is 2.75. The minimum Gasteiger partial charge on any atom is -0.477 e. The Labute approximate surface area is 120 Å². The lowest BCUT2D eigenvalue weighted by Crippen LogP contribution is -2.36. The summed E-state index contributed by atoms with van der Waals surface area (Å²) in [5.41, 5.74) is 0.0240. The third-order valence-corrected chi connectivity index (χ3v) is 7.52. The summed E-state index contributed by atoms with van der Waals surface area (Å²) in [6, 6.07) is 1.38. The number of carboxylic acid groups (broad SMARTS) is 1. The van der Waals surface area contributed by atoms with Crippen molar-refractivity contribution in [2.24, 2.45) is 0 Å². The molecular weight excluding hydrogens is 326 g/mol. The van der Waals surface area contributed by atoms with E-state index in [1.807, 2.05) is 0 Å². The summed E-state index contributed by atoms with van der Waals surface area (Å²) in [7, 11) is -6.93. The summed E-state index contributed by atoms with van der Waals surface area (Å²) in [6.45, 7) is 0. The highest BCUT2D eigenvalue weighted by molar-refractivity contribution is 7.94. The van der Waals surface area contributed by atoms with Gasteiger partial charge >= 0.3 is 5.97 Å². The molecule has 1 aromatic rings. The Morgan fingerprint density at radius 3 is 2.50 bits per heavy atom. The molecule has 1 saturated heterocycles. The van der Waals surface area contributed by atoms with E-state index in [1.165, 1.54) is 11.4 Å². The molecule has 0 aliphatic carbocycles. The second-order valence-corrected chi connectivity index (χ2v) is 9.65. The summed E-state index contributed by atoms with van der Waals surface area (Å²) in [5.74, 6) is -1.52. The molecule has 7 nitrogen and oxygen atoms in total. The number of nitrogens with one attached hydrogen (secondary N) is 1. The van der Waals surface area contributed by atoms with Gasteiger partial charge in [-0.25, -0.2) is 21.6 Å². The number of hydrogen-bond acceptors (Lipinski definition) is 6. The molecule has 10 heteroatoms. The van der Waals surface area contributed by atoms with Crippen LogP contribution in [0.3, 0.4) is 0 Å². The van der Waals surface area contributed by atoms with Gasteiger partial charge in [0, 0.05) is 0 Å². The summed E-state index contributed by atoms with van der Waals surface area (Å²) in [6.07, 6.45) is 0.0639. The Kier molecular flexibility index (Phi) is 4.07. The Balaban J connectivity index is 2.16. The van der Waals surface area contributed by atoms with Gasteiger partial charge in [-0.15, -0.1) is 11.3 Å². The van der Waals surface area contributed by atoms with E-state index in [4.69, 9.17) is 5.11 Å². The molecular formula is C10H13NO6S3. The smallest absolute Gasteiger partial charge is 0.348 e. The van der Waals surface area contributed by atoms with Gasteiger partial charge in [-0.2, -0.15) is 0 Å². The second-order valence-electron chi connectivity index (χ2n) is 4.47. The monoisotopic (exact) mass is 339 g/mol. The minimum atomic E-state index is -3.78. The lowest BCUT2D eigenvalue weighted by atomic mass is 10.2. The maximum absolute atomic E-state index is 12.1. The van der Waals surface area contributed by atoms with Crippen molar-refractivity contribution in [1.82, 2.24) is 0 Å². The number of sulfone groups is 1. The van der Waals surface area contributed by atoms with Crippen LogP contribution in [0.15, 0.2) is 11.4 Å². The zero-order valence-corrected chi connectivity index (χ0v) is 12.7. The predicted molar refractivity (Wildman–Crippen MR) is 75.5 cm³/mol. The zero-order valence-electron chi connectivity index (χ0n) is 10.3. The Morgan fingerprint density at radius 2 is 1.95 bits per heavy atom. The van der Waals surface area contributed by atoms with Crippen LogP contribution in [0, 0.1) is 0 Å². The van der Waals surface area contributed by atoms with Crippen molar-refractivity contribution in [2.45, 2.75) is 18.1 Å². The Bertz CT molecular complexity index is 704. The van der Waals surface area contributed by atoms with Crippen molar-refractivity contribution in [1.29, 1.82) is 0 Å². The predicted octanol–water partition coefficient (Wildman–Crippen LogP) is 0.765. The highest BCUT2D eigenvalue weighted by atomic mass is 32.2. The van der Waals surface area contributed by atoms with Crippen molar-refractivity contribution >= 4 is 42.9 Å². The van der Waals surface area contributed by atoms with Gasteiger partial charge in [-0.1, -0.05) is 0 Å². The molecule has 1 aromatic heterocycles. The number of sulfonamides is 1. The molecule has 20 heavy (non-hydrogen) atoms. The highest BCUT2D eigenvalue weighted by Crippen LogP contribution is 2.26. The number of carbonyl (C=O) groups is 1. The number of thiophene rings is 1. The summed E-state index contributed by atoms with van der Waals surface area (Å²) < 4.78 is 49.1. The van der Waals surface area contributed by atoms with Crippen LogP contribution in [-0.2, 0) is 19.9 Å². The van der Waals surface area contributed by atoms with Gasteiger partial charge < -0.3 is 5.11 Å². The van der Waals surface area contributed by atoms with Crippen molar-refractivity contribution in [2.75, 3.05) is 16.2 Å². The molecule has 112 valence electrons. The van der Waals surface area contributed by atoms with Crippen LogP contribution in [0.4, 0.5) is 5.69 Å². The zero-order chi connectivity index (χ0) is 15.0. The number of carboxylic acids is 1. The van der Waals surface area contributed by atoms with Crippen molar-refractivity contribution in [3.05, 3.63) is 16.3 Å². The summed E-state index contributed by atoms with van der Waals surface area (Å²) >= 11 is 0.922. The van der Waals surface area contributed by atoms with E-state index >= 15 is 0 Å². The summed E-state index contributed by atoms with van der Waals surface area (Å²) in [5, 5.41) is 9.59. The van der Waals surface area contributed by atoms with Crippen LogP contribution in [0.2, 0.25) is 0 Å². The quantitative estimate of drug-likeness (QED) is 0.836. The first-order chi connectivity index (χ1) is 9.21. The van der Waals surface area contributed by atoms with E-state index in [0.717, 1.165) is 11.3 Å². The van der Waals surface area contributed by atoms with E-state index in [1.54, 1.807) is 0 Å². The molecule has 2 heterocycles. The SMILES string of the molecule is O=C(O)c1sccc1NS(=O)(=O)C1CCS(=O)(=O)CC1. The van der Waals surface area contributed by atoms with Gasteiger partial charge in [0.05, 0.1) is 22.4 Å². The van der Waals surface area contributed by atoms with Gasteiger partial charge in [-0.05, 0) is 24.3 Å². The molecule has 0 spiro atoms. The van der Waals surface area contributed by atoms with Crippen LogP contribution in [0.25, 0.3) is 0 Å². The molecule has 0 saturated carbocycles. The lowest BCUT2D eigenvalue weighted by molar-refractivity contribution is 0.0703. The van der Waals surface area contributed by atoms with Gasteiger partial charge in [0.2, 0.25) is 10.0 Å². The number of anilines is 1. The number of hydrogen-bond donors (Lipinski definition) is 2. The minimum absolute atomic E-state index is 0.0240. The maximum Gasteiger partial charge on any atom is 0.348 e. The molecule has 0 atom stereocenters. The van der Waals surface area contributed by atoms with Crippen molar-refractivity contribution < 1.29 is 26.7 Å². The topological polar surface area (TPSA) is 118 Å². The van der Waals surface area contributed by atoms with E-state index in [2.05, 4.69) is 4.72 Å². The molecule has 2 N–H and O–H groups in total. The molecule has 0 bridgehead atoms. The van der Waals surface area contributed by atoms with Gasteiger partial charge in [0.15, 0.2) is 0 Å². The van der Waals surface area contributed by atoms with E-state index in [-0.39, 0.29) is 34.9 Å². The second kappa shape index (κ2) is 5.34. The maximum atomic E-state index is 12.1.